The van der Waals surface area contributed by atoms with Crippen molar-refractivity contribution < 1.29 is 0 Å². The molecule has 0 aliphatic heterocycles. The number of rotatable bonds is 6. The van der Waals surface area contributed by atoms with Crippen molar-refractivity contribution in [1.82, 2.24) is 0 Å². The normalized spacial score (nSPS) is 12.2. The average Bonchev–Trinajstić information content (AvgIpc) is 2.97. The lowest BCUT2D eigenvalue weighted by Crippen LogP contribution is -2.14. The summed E-state index contributed by atoms with van der Waals surface area (Å²) in [4.78, 5) is 2.35. The first-order chi connectivity index (χ1) is 20.7. The highest BCUT2D eigenvalue weighted by atomic mass is 15.1. The molecule has 0 fully saturated rings. The van der Waals surface area contributed by atoms with Crippen LogP contribution < -0.4 is 10.2 Å². The van der Waals surface area contributed by atoms with Gasteiger partial charge in [0.1, 0.15) is 0 Å². The lowest BCUT2D eigenvalue weighted by Gasteiger charge is -2.28. The van der Waals surface area contributed by atoms with Crippen molar-refractivity contribution in [3.05, 3.63) is 138 Å². The molecule has 0 unspecified atom stereocenters. The summed E-state index contributed by atoms with van der Waals surface area (Å²) in [5, 5.41) is 3.78. The second-order valence-electron chi connectivity index (χ2n) is 15.0. The van der Waals surface area contributed by atoms with E-state index in [1.54, 1.807) is 0 Å². The van der Waals surface area contributed by atoms with E-state index in [0.717, 1.165) is 28.4 Å². The van der Waals surface area contributed by atoms with E-state index in [4.69, 9.17) is 0 Å². The van der Waals surface area contributed by atoms with Gasteiger partial charge in [-0.25, -0.2) is 0 Å². The minimum atomic E-state index is 0.0631. The molecule has 226 valence electrons. The van der Waals surface area contributed by atoms with Crippen molar-refractivity contribution in [3.63, 3.8) is 0 Å². The first-order valence-corrected chi connectivity index (χ1v) is 15.8. The second-order valence-corrected chi connectivity index (χ2v) is 15.0. The molecule has 0 radical (unpaired) electrons. The summed E-state index contributed by atoms with van der Waals surface area (Å²) in [5.41, 5.74) is 12.2. The van der Waals surface area contributed by atoms with Crippen molar-refractivity contribution in [2.75, 3.05) is 10.2 Å². The smallest absolute Gasteiger partial charge is 0.0482 e. The fourth-order valence-corrected chi connectivity index (χ4v) is 5.52. The maximum atomic E-state index is 3.78. The van der Waals surface area contributed by atoms with Gasteiger partial charge in [-0.05, 0) is 93.1 Å². The van der Waals surface area contributed by atoms with Crippen LogP contribution in [0.2, 0.25) is 0 Å². The monoisotopic (exact) mass is 580 g/mol. The Morgan fingerprint density at radius 1 is 0.432 bits per heavy atom. The third kappa shape index (κ3) is 7.08. The number of nitrogens with zero attached hydrogens (tertiary/aromatic N) is 1. The van der Waals surface area contributed by atoms with Crippen LogP contribution in [0.4, 0.5) is 28.4 Å². The van der Waals surface area contributed by atoms with Gasteiger partial charge in [-0.1, -0.05) is 129 Å². The molecule has 0 aromatic heterocycles. The second kappa shape index (κ2) is 12.0. The SMILES string of the molecule is CC(C)(C)c1ccc(N(c2ccc(C(C)(C)C)cc2)c2cccc(Nc3ccc(C(C)(C)C)cc3-c3ccccc3)c2)cc1. The molecule has 0 saturated heterocycles. The molecule has 2 heteroatoms. The molecular formula is C42H48N2. The zero-order valence-electron chi connectivity index (χ0n) is 28.0. The number of benzene rings is 5. The van der Waals surface area contributed by atoms with Gasteiger partial charge in [-0.3, -0.25) is 0 Å². The summed E-state index contributed by atoms with van der Waals surface area (Å²) < 4.78 is 0. The van der Waals surface area contributed by atoms with Gasteiger partial charge in [0, 0.05) is 34.0 Å². The van der Waals surface area contributed by atoms with E-state index in [9.17, 15) is 0 Å². The van der Waals surface area contributed by atoms with Crippen LogP contribution in [0.25, 0.3) is 11.1 Å². The predicted octanol–water partition coefficient (Wildman–Crippen LogP) is 12.5. The molecule has 5 rings (SSSR count). The predicted molar refractivity (Wildman–Crippen MR) is 192 cm³/mol. The molecule has 44 heavy (non-hydrogen) atoms. The van der Waals surface area contributed by atoms with E-state index in [1.807, 2.05) is 0 Å². The molecule has 2 nitrogen and oxygen atoms in total. The molecule has 0 bridgehead atoms. The lowest BCUT2D eigenvalue weighted by molar-refractivity contribution is 0.590. The number of nitrogens with one attached hydrogen (secondary N) is 1. The number of anilines is 5. The van der Waals surface area contributed by atoms with Crippen LogP contribution >= 0.6 is 0 Å². The van der Waals surface area contributed by atoms with E-state index in [2.05, 4.69) is 194 Å². The van der Waals surface area contributed by atoms with E-state index >= 15 is 0 Å². The standard InChI is InChI=1S/C42H48N2/c1-40(2,3)31-18-23-35(24-19-31)44(36-25-20-32(21-26-36)41(4,5)6)37-17-13-16-34(29-37)43-39-27-22-33(42(7,8)9)28-38(39)30-14-11-10-12-15-30/h10-29,43H,1-9H3. The third-order valence-corrected chi connectivity index (χ3v) is 8.34. The third-order valence-electron chi connectivity index (χ3n) is 8.34. The summed E-state index contributed by atoms with van der Waals surface area (Å²) in [6, 6.07) is 44.2. The average molecular weight is 581 g/mol. The molecule has 0 saturated carbocycles. The summed E-state index contributed by atoms with van der Waals surface area (Å²) in [6.45, 7) is 20.4. The van der Waals surface area contributed by atoms with Crippen LogP contribution in [0.1, 0.15) is 79.0 Å². The van der Waals surface area contributed by atoms with Crippen LogP contribution in [0.15, 0.2) is 121 Å². The Kier molecular flexibility index (Phi) is 8.49. The Labute approximate surface area is 265 Å². The molecule has 0 atom stereocenters. The van der Waals surface area contributed by atoms with Crippen LogP contribution in [0.3, 0.4) is 0 Å². The maximum Gasteiger partial charge on any atom is 0.0482 e. The highest BCUT2D eigenvalue weighted by molar-refractivity contribution is 5.84. The van der Waals surface area contributed by atoms with E-state index in [0.29, 0.717) is 0 Å². The minimum Gasteiger partial charge on any atom is -0.355 e. The first kappa shape index (κ1) is 31.1. The molecule has 0 aliphatic rings. The molecule has 0 spiro atoms. The van der Waals surface area contributed by atoms with Crippen molar-refractivity contribution in [2.24, 2.45) is 0 Å². The van der Waals surface area contributed by atoms with E-state index in [-0.39, 0.29) is 16.2 Å². The van der Waals surface area contributed by atoms with E-state index in [1.165, 1.54) is 27.8 Å². The fourth-order valence-electron chi connectivity index (χ4n) is 5.52. The molecule has 5 aromatic rings. The molecule has 5 aromatic carbocycles. The van der Waals surface area contributed by atoms with Crippen LogP contribution in [0, 0.1) is 0 Å². The zero-order chi connectivity index (χ0) is 31.7. The topological polar surface area (TPSA) is 15.3 Å². The van der Waals surface area contributed by atoms with Gasteiger partial charge in [0.05, 0.1) is 0 Å². The van der Waals surface area contributed by atoms with Crippen LogP contribution in [-0.4, -0.2) is 0 Å². The van der Waals surface area contributed by atoms with Crippen molar-refractivity contribution in [2.45, 2.75) is 78.6 Å². The number of hydrogen-bond donors (Lipinski definition) is 1. The van der Waals surface area contributed by atoms with E-state index < -0.39 is 0 Å². The van der Waals surface area contributed by atoms with Crippen molar-refractivity contribution in [3.8, 4) is 11.1 Å². The first-order valence-electron chi connectivity index (χ1n) is 15.8. The zero-order valence-corrected chi connectivity index (χ0v) is 28.0. The van der Waals surface area contributed by atoms with Gasteiger partial charge < -0.3 is 10.2 Å². The quantitative estimate of drug-likeness (QED) is 0.215. The van der Waals surface area contributed by atoms with Gasteiger partial charge in [0.15, 0.2) is 0 Å². The summed E-state index contributed by atoms with van der Waals surface area (Å²) in [6.07, 6.45) is 0. The molecular weight excluding hydrogens is 532 g/mol. The number of hydrogen-bond acceptors (Lipinski definition) is 2. The fraction of sp³-hybridized carbons (Fsp3) is 0.286. The van der Waals surface area contributed by atoms with Gasteiger partial charge in [-0.2, -0.15) is 0 Å². The lowest BCUT2D eigenvalue weighted by atomic mass is 9.85. The molecule has 0 amide bonds. The summed E-state index contributed by atoms with van der Waals surface area (Å²) in [7, 11) is 0. The summed E-state index contributed by atoms with van der Waals surface area (Å²) in [5.74, 6) is 0. The Bertz CT molecular complexity index is 1630. The Morgan fingerprint density at radius 2 is 0.932 bits per heavy atom. The Hall–Kier alpha value is -4.30. The largest absolute Gasteiger partial charge is 0.355 e. The molecule has 1 N–H and O–H groups in total. The van der Waals surface area contributed by atoms with Gasteiger partial charge in [0.25, 0.3) is 0 Å². The van der Waals surface area contributed by atoms with Crippen molar-refractivity contribution in [1.29, 1.82) is 0 Å². The Morgan fingerprint density at radius 3 is 1.43 bits per heavy atom. The van der Waals surface area contributed by atoms with Crippen molar-refractivity contribution >= 4 is 28.4 Å². The van der Waals surface area contributed by atoms with Gasteiger partial charge >= 0.3 is 0 Å². The molecule has 0 aliphatic carbocycles. The highest BCUT2D eigenvalue weighted by Crippen LogP contribution is 2.40. The van der Waals surface area contributed by atoms with Crippen LogP contribution in [0.5, 0.6) is 0 Å². The van der Waals surface area contributed by atoms with Gasteiger partial charge in [0.2, 0.25) is 0 Å². The molecule has 0 heterocycles. The Balaban J connectivity index is 1.57. The van der Waals surface area contributed by atoms with Crippen LogP contribution in [-0.2, 0) is 16.2 Å². The van der Waals surface area contributed by atoms with Gasteiger partial charge in [-0.15, -0.1) is 0 Å². The highest BCUT2D eigenvalue weighted by Gasteiger charge is 2.20. The summed E-state index contributed by atoms with van der Waals surface area (Å²) >= 11 is 0. The minimum absolute atomic E-state index is 0.0631. The maximum absolute atomic E-state index is 3.78.